The fourth-order valence-electron chi connectivity index (χ4n) is 2.14. The van der Waals surface area contributed by atoms with Crippen molar-refractivity contribution >= 4 is 5.97 Å². The molecule has 1 heterocycles. The number of benzene rings is 1. The average Bonchev–Trinajstić information content (AvgIpc) is 2.71. The van der Waals surface area contributed by atoms with Crippen LogP contribution in [0.2, 0.25) is 0 Å². The van der Waals surface area contributed by atoms with E-state index in [0.717, 1.165) is 16.8 Å². The van der Waals surface area contributed by atoms with Crippen molar-refractivity contribution < 1.29 is 9.90 Å². The second-order valence-electron chi connectivity index (χ2n) is 6.07. The monoisotopic (exact) mass is 273 g/mol. The van der Waals surface area contributed by atoms with E-state index in [4.69, 9.17) is 5.11 Å². The summed E-state index contributed by atoms with van der Waals surface area (Å²) in [6.07, 6.45) is 0. The minimum atomic E-state index is -1.11. The number of hydrogen-bond donors (Lipinski definition) is 1. The van der Waals surface area contributed by atoms with E-state index in [9.17, 15) is 4.79 Å². The average molecular weight is 273 g/mol. The van der Waals surface area contributed by atoms with Gasteiger partial charge in [-0.05, 0) is 37.1 Å². The van der Waals surface area contributed by atoms with Crippen LogP contribution in [0.3, 0.4) is 0 Å². The Kier molecular flexibility index (Phi) is 3.38. The third kappa shape index (κ3) is 2.71. The quantitative estimate of drug-likeness (QED) is 0.913. The zero-order valence-corrected chi connectivity index (χ0v) is 12.4. The van der Waals surface area contributed by atoms with Crippen LogP contribution in [0, 0.1) is 13.8 Å². The summed E-state index contributed by atoms with van der Waals surface area (Å²) in [5, 5.41) is 13.2. The highest BCUT2D eigenvalue weighted by atomic mass is 16.4. The second-order valence-corrected chi connectivity index (χ2v) is 6.07. The van der Waals surface area contributed by atoms with E-state index in [2.05, 4.69) is 16.1 Å². The summed E-state index contributed by atoms with van der Waals surface area (Å²) in [6.45, 7) is 9.97. The van der Waals surface area contributed by atoms with Crippen molar-refractivity contribution in [2.75, 3.05) is 0 Å². The highest BCUT2D eigenvalue weighted by Crippen LogP contribution is 2.24. The van der Waals surface area contributed by atoms with Crippen molar-refractivity contribution in [3.63, 3.8) is 0 Å². The Morgan fingerprint density at radius 3 is 2.15 bits per heavy atom. The third-order valence-corrected chi connectivity index (χ3v) is 2.92. The molecular formula is C15H19N3O2. The van der Waals surface area contributed by atoms with Crippen LogP contribution in [0.1, 0.15) is 48.3 Å². The van der Waals surface area contributed by atoms with Gasteiger partial charge >= 0.3 is 5.97 Å². The molecule has 1 N–H and O–H groups in total. The summed E-state index contributed by atoms with van der Waals surface area (Å²) in [7, 11) is 0. The summed E-state index contributed by atoms with van der Waals surface area (Å²) in [5.74, 6) is -0.646. The zero-order valence-electron chi connectivity index (χ0n) is 12.4. The second kappa shape index (κ2) is 4.74. The van der Waals surface area contributed by atoms with Crippen LogP contribution in [0.4, 0.5) is 0 Å². The first kappa shape index (κ1) is 14.2. The Hall–Kier alpha value is -2.17. The van der Waals surface area contributed by atoms with Gasteiger partial charge in [-0.25, -0.2) is 14.5 Å². The van der Waals surface area contributed by atoms with Gasteiger partial charge in [0.2, 0.25) is 0 Å². The molecule has 20 heavy (non-hydrogen) atoms. The molecule has 0 aliphatic carbocycles. The zero-order chi connectivity index (χ0) is 15.1. The summed E-state index contributed by atoms with van der Waals surface area (Å²) >= 11 is 0. The van der Waals surface area contributed by atoms with Crippen molar-refractivity contribution in [1.82, 2.24) is 14.8 Å². The van der Waals surface area contributed by atoms with Gasteiger partial charge in [0.1, 0.15) is 5.82 Å². The van der Waals surface area contributed by atoms with Crippen LogP contribution < -0.4 is 0 Å². The Morgan fingerprint density at radius 1 is 1.15 bits per heavy atom. The molecule has 5 heteroatoms. The van der Waals surface area contributed by atoms with Gasteiger partial charge in [0.15, 0.2) is 0 Å². The molecule has 0 atom stereocenters. The lowest BCUT2D eigenvalue weighted by atomic mass is 9.95. The van der Waals surface area contributed by atoms with Crippen LogP contribution in [0.15, 0.2) is 18.2 Å². The molecule has 5 nitrogen and oxygen atoms in total. The summed E-state index contributed by atoms with van der Waals surface area (Å²) in [4.78, 5) is 15.3. The number of aromatic nitrogens is 3. The number of aromatic carboxylic acids is 1. The molecule has 1 aromatic carbocycles. The highest BCUT2D eigenvalue weighted by molar-refractivity contribution is 5.83. The van der Waals surface area contributed by atoms with Gasteiger partial charge < -0.3 is 5.11 Å². The molecule has 1 aromatic heterocycles. The predicted molar refractivity (Wildman–Crippen MR) is 76.5 cm³/mol. The molecule has 0 unspecified atom stereocenters. The van der Waals surface area contributed by atoms with Crippen LogP contribution in [-0.4, -0.2) is 25.8 Å². The van der Waals surface area contributed by atoms with E-state index < -0.39 is 5.97 Å². The van der Waals surface area contributed by atoms with Crippen molar-refractivity contribution in [3.05, 3.63) is 41.0 Å². The van der Waals surface area contributed by atoms with Gasteiger partial charge in [-0.3, -0.25) is 0 Å². The van der Waals surface area contributed by atoms with Gasteiger partial charge in [-0.1, -0.05) is 26.8 Å². The Balaban J connectivity index is 2.68. The Bertz CT molecular complexity index is 646. The lowest BCUT2D eigenvalue weighted by molar-refractivity contribution is 0.0683. The first-order valence-corrected chi connectivity index (χ1v) is 6.48. The summed E-state index contributed by atoms with van der Waals surface area (Å²) in [5.41, 5.74) is 2.75. The fourth-order valence-corrected chi connectivity index (χ4v) is 2.14. The minimum Gasteiger partial charge on any atom is -0.475 e. The van der Waals surface area contributed by atoms with Crippen molar-refractivity contribution in [3.8, 4) is 5.69 Å². The van der Waals surface area contributed by atoms with Gasteiger partial charge in [0.25, 0.3) is 5.82 Å². The van der Waals surface area contributed by atoms with Gasteiger partial charge in [0, 0.05) is 5.41 Å². The van der Waals surface area contributed by atoms with E-state index >= 15 is 0 Å². The highest BCUT2D eigenvalue weighted by Gasteiger charge is 2.26. The molecule has 0 amide bonds. The number of aryl methyl sites for hydroxylation is 2. The van der Waals surface area contributed by atoms with E-state index in [1.807, 2.05) is 46.8 Å². The molecule has 2 rings (SSSR count). The summed E-state index contributed by atoms with van der Waals surface area (Å²) < 4.78 is 1.63. The van der Waals surface area contributed by atoms with Crippen LogP contribution >= 0.6 is 0 Å². The lowest BCUT2D eigenvalue weighted by Crippen LogP contribution is -2.19. The standard InChI is InChI=1S/C15H19N3O2/c1-9-6-10(2)8-11(7-9)18-14(15(3,4)5)16-12(17-18)13(19)20/h6-8H,1-5H3,(H,19,20). The molecule has 106 valence electrons. The van der Waals surface area contributed by atoms with Gasteiger partial charge in [-0.2, -0.15) is 0 Å². The predicted octanol–water partition coefficient (Wildman–Crippen LogP) is 2.88. The van der Waals surface area contributed by atoms with Gasteiger partial charge in [-0.15, -0.1) is 5.10 Å². The summed E-state index contributed by atoms with van der Waals surface area (Å²) in [6, 6.07) is 6.01. The van der Waals surface area contributed by atoms with Crippen molar-refractivity contribution in [2.24, 2.45) is 0 Å². The molecule has 0 aliphatic rings. The lowest BCUT2D eigenvalue weighted by Gasteiger charge is -2.18. The fraction of sp³-hybridized carbons (Fsp3) is 0.400. The minimum absolute atomic E-state index is 0.172. The topological polar surface area (TPSA) is 68.0 Å². The van der Waals surface area contributed by atoms with E-state index in [1.165, 1.54) is 0 Å². The molecule has 0 saturated carbocycles. The third-order valence-electron chi connectivity index (χ3n) is 2.92. The largest absolute Gasteiger partial charge is 0.475 e. The normalized spacial score (nSPS) is 11.7. The molecule has 0 aliphatic heterocycles. The van der Waals surface area contributed by atoms with Crippen LogP contribution in [0.25, 0.3) is 5.69 Å². The number of nitrogens with zero attached hydrogens (tertiary/aromatic N) is 3. The Labute approximate surface area is 118 Å². The maximum absolute atomic E-state index is 11.1. The van der Waals surface area contributed by atoms with Crippen LogP contribution in [0.5, 0.6) is 0 Å². The van der Waals surface area contributed by atoms with E-state index in [-0.39, 0.29) is 11.2 Å². The number of carboxylic acid groups (broad SMARTS) is 1. The number of hydrogen-bond acceptors (Lipinski definition) is 3. The molecule has 2 aromatic rings. The molecule has 0 spiro atoms. The Morgan fingerprint density at radius 2 is 1.70 bits per heavy atom. The maximum atomic E-state index is 11.1. The molecular weight excluding hydrogens is 254 g/mol. The van der Waals surface area contributed by atoms with E-state index in [1.54, 1.807) is 4.68 Å². The first-order valence-electron chi connectivity index (χ1n) is 6.48. The number of carbonyl (C=O) groups is 1. The SMILES string of the molecule is Cc1cc(C)cc(-n2nc(C(=O)O)nc2C(C)(C)C)c1. The van der Waals surface area contributed by atoms with Gasteiger partial charge in [0.05, 0.1) is 5.69 Å². The van der Waals surface area contributed by atoms with E-state index in [0.29, 0.717) is 5.82 Å². The number of carboxylic acids is 1. The molecule has 0 radical (unpaired) electrons. The van der Waals surface area contributed by atoms with Crippen molar-refractivity contribution in [2.45, 2.75) is 40.0 Å². The molecule has 0 fully saturated rings. The number of rotatable bonds is 2. The molecule has 0 bridgehead atoms. The smallest absolute Gasteiger partial charge is 0.375 e. The maximum Gasteiger partial charge on any atom is 0.375 e. The first-order chi connectivity index (χ1) is 9.18. The van der Waals surface area contributed by atoms with Crippen molar-refractivity contribution in [1.29, 1.82) is 0 Å². The molecule has 0 saturated heterocycles. The van der Waals surface area contributed by atoms with Crippen LogP contribution in [-0.2, 0) is 5.41 Å².